The lowest BCUT2D eigenvalue weighted by molar-refractivity contribution is -0.144. The summed E-state index contributed by atoms with van der Waals surface area (Å²) in [7, 11) is 0. The molecule has 3 fully saturated rings. The first kappa shape index (κ1) is 32.0. The van der Waals surface area contributed by atoms with Gasteiger partial charge in [0.15, 0.2) is 0 Å². The number of benzene rings is 2. The van der Waals surface area contributed by atoms with Crippen LogP contribution < -0.4 is 4.90 Å². The van der Waals surface area contributed by atoms with Crippen LogP contribution in [0.2, 0.25) is 0 Å². The fourth-order valence-corrected chi connectivity index (χ4v) is 10.1. The van der Waals surface area contributed by atoms with Crippen LogP contribution in [0.3, 0.4) is 0 Å². The number of nitrogens with zero attached hydrogens (tertiary/aromatic N) is 3. The third-order valence-electron chi connectivity index (χ3n) is 9.68. The first-order valence-corrected chi connectivity index (χ1v) is 16.6. The number of amides is 3. The minimum absolute atomic E-state index is 0.0185. The molecular formula is C36H45N3O4S. The van der Waals surface area contributed by atoms with Crippen molar-refractivity contribution >= 4 is 35.2 Å². The summed E-state index contributed by atoms with van der Waals surface area (Å²) in [5.74, 6) is -1.32. The highest BCUT2D eigenvalue weighted by Crippen LogP contribution is 2.69. The number of likely N-dealkylation sites (tertiary alicyclic amines) is 1. The second kappa shape index (κ2) is 13.3. The molecule has 5 rings (SSSR count). The quantitative estimate of drug-likeness (QED) is 0.249. The number of hydrogen-bond donors (Lipinski definition) is 1. The number of fused-ring (bicyclic) bond motifs is 1. The molecule has 0 aliphatic carbocycles. The molecule has 3 aliphatic rings. The molecule has 0 saturated carbocycles. The Balaban J connectivity index is 1.56. The van der Waals surface area contributed by atoms with Gasteiger partial charge in [0.2, 0.25) is 11.8 Å². The van der Waals surface area contributed by atoms with E-state index in [1.807, 2.05) is 67.3 Å². The van der Waals surface area contributed by atoms with Gasteiger partial charge in [0.1, 0.15) is 6.04 Å². The highest BCUT2D eigenvalue weighted by molar-refractivity contribution is 8.02. The maximum absolute atomic E-state index is 14.9. The Morgan fingerprint density at radius 2 is 1.80 bits per heavy atom. The van der Waals surface area contributed by atoms with Crippen molar-refractivity contribution < 1.29 is 19.5 Å². The lowest BCUT2D eigenvalue weighted by Crippen LogP contribution is -2.57. The predicted octanol–water partition coefficient (Wildman–Crippen LogP) is 5.15. The van der Waals surface area contributed by atoms with Crippen molar-refractivity contribution in [1.82, 2.24) is 9.80 Å². The maximum Gasteiger partial charge on any atom is 0.251 e. The van der Waals surface area contributed by atoms with E-state index in [1.165, 1.54) is 0 Å². The summed E-state index contributed by atoms with van der Waals surface area (Å²) in [5.41, 5.74) is 3.85. The van der Waals surface area contributed by atoms with Gasteiger partial charge < -0.3 is 19.8 Å². The largest absolute Gasteiger partial charge is 0.396 e. The fraction of sp³-hybridized carbons (Fsp3) is 0.472. The van der Waals surface area contributed by atoms with Crippen LogP contribution in [-0.2, 0) is 20.9 Å². The van der Waals surface area contributed by atoms with Crippen molar-refractivity contribution in [3.05, 3.63) is 90.5 Å². The average molecular weight is 616 g/mol. The molecule has 3 saturated heterocycles. The van der Waals surface area contributed by atoms with E-state index in [4.69, 9.17) is 0 Å². The van der Waals surface area contributed by atoms with Gasteiger partial charge in [-0.05, 0) is 61.8 Å². The predicted molar refractivity (Wildman–Crippen MR) is 177 cm³/mol. The van der Waals surface area contributed by atoms with Crippen LogP contribution in [0.4, 0.5) is 5.69 Å². The third-order valence-corrected chi connectivity index (χ3v) is 11.8. The molecule has 3 unspecified atom stereocenters. The number of aryl methyl sites for hydroxylation is 2. The van der Waals surface area contributed by atoms with Crippen molar-refractivity contribution in [2.75, 3.05) is 31.1 Å². The number of hydrogen-bond acceptors (Lipinski definition) is 5. The van der Waals surface area contributed by atoms with E-state index in [0.717, 1.165) is 28.8 Å². The molecule has 1 N–H and O–H groups in total. The van der Waals surface area contributed by atoms with Crippen molar-refractivity contribution in [3.8, 4) is 0 Å². The minimum Gasteiger partial charge on any atom is -0.396 e. The normalized spacial score (nSPS) is 26.9. The Hall–Kier alpha value is -3.36. The molecule has 6 atom stereocenters. The Morgan fingerprint density at radius 1 is 1.07 bits per heavy atom. The average Bonchev–Trinajstić information content (AvgIpc) is 3.60. The standard InChI is InChI=1S/C36H45N3O4S/c1-6-17-37(23-27-13-9-8-10-14-27)33(41)30-29-22-26(5)36(44-29)31(30)34(42)39(19-11-12-20-40)32(36)35(43)38(18-7-2)28-21-24(3)15-16-25(28)4/h6-10,13-16,21,26,29-32,40H,1-2,11-12,17-20,22-23H2,3-5H3/t26?,29-,30+,31+,32?,36?/m1/s1. The molecular weight excluding hydrogens is 570 g/mol. The summed E-state index contributed by atoms with van der Waals surface area (Å²) >= 11 is 1.70. The SMILES string of the molecule is C=CCN(Cc1ccccc1)C(=O)[C@@H]1[C@H]2C(=O)N(CCCCO)C(C(=O)N(CC=C)c3cc(C)ccc3C)C23S[C@@H]1CC3C. The van der Waals surface area contributed by atoms with Crippen LogP contribution in [0.5, 0.6) is 0 Å². The first-order valence-electron chi connectivity index (χ1n) is 15.7. The second-order valence-corrected chi connectivity index (χ2v) is 14.1. The molecule has 8 heteroatoms. The number of thioether (sulfide) groups is 1. The van der Waals surface area contributed by atoms with Crippen LogP contribution in [0, 0.1) is 31.6 Å². The summed E-state index contributed by atoms with van der Waals surface area (Å²) < 4.78 is -0.720. The summed E-state index contributed by atoms with van der Waals surface area (Å²) in [6.45, 7) is 15.5. The van der Waals surface area contributed by atoms with E-state index in [-0.39, 0.29) is 35.5 Å². The Bertz CT molecular complexity index is 1410. The van der Waals surface area contributed by atoms with Gasteiger partial charge in [0.05, 0.1) is 16.6 Å². The maximum atomic E-state index is 14.9. The minimum atomic E-state index is -0.720. The van der Waals surface area contributed by atoms with Crippen LogP contribution in [0.25, 0.3) is 0 Å². The van der Waals surface area contributed by atoms with Crippen LogP contribution in [-0.4, -0.2) is 74.9 Å². The number of unbranched alkanes of at least 4 members (excludes halogenated alkanes) is 1. The van der Waals surface area contributed by atoms with E-state index in [0.29, 0.717) is 39.0 Å². The van der Waals surface area contributed by atoms with Crippen molar-refractivity contribution in [2.45, 2.75) is 62.6 Å². The van der Waals surface area contributed by atoms with E-state index in [9.17, 15) is 19.5 Å². The molecule has 3 aliphatic heterocycles. The molecule has 1 spiro atoms. The molecule has 7 nitrogen and oxygen atoms in total. The second-order valence-electron chi connectivity index (χ2n) is 12.5. The number of carbonyl (C=O) groups excluding carboxylic acids is 3. The summed E-state index contributed by atoms with van der Waals surface area (Å²) in [6, 6.07) is 15.2. The number of aliphatic hydroxyl groups excluding tert-OH is 1. The topological polar surface area (TPSA) is 81.2 Å². The van der Waals surface area contributed by atoms with Crippen molar-refractivity contribution in [2.24, 2.45) is 17.8 Å². The molecule has 234 valence electrons. The first-order chi connectivity index (χ1) is 21.2. The van der Waals surface area contributed by atoms with Crippen LogP contribution in [0.15, 0.2) is 73.8 Å². The van der Waals surface area contributed by atoms with Gasteiger partial charge in [-0.3, -0.25) is 14.4 Å². The van der Waals surface area contributed by atoms with Crippen molar-refractivity contribution in [1.29, 1.82) is 0 Å². The van der Waals surface area contributed by atoms with E-state index in [1.54, 1.807) is 33.7 Å². The van der Waals surface area contributed by atoms with Gasteiger partial charge in [-0.15, -0.1) is 24.9 Å². The van der Waals surface area contributed by atoms with Gasteiger partial charge in [-0.1, -0.05) is 61.5 Å². The van der Waals surface area contributed by atoms with Gasteiger partial charge in [-0.25, -0.2) is 0 Å². The zero-order valence-electron chi connectivity index (χ0n) is 26.2. The van der Waals surface area contributed by atoms with E-state index < -0.39 is 22.6 Å². The number of carbonyl (C=O) groups is 3. The smallest absolute Gasteiger partial charge is 0.251 e. The molecule has 0 radical (unpaired) electrons. The van der Waals surface area contributed by atoms with E-state index >= 15 is 0 Å². The molecule has 0 aromatic heterocycles. The molecule has 2 bridgehead atoms. The van der Waals surface area contributed by atoms with Crippen LogP contribution in [0.1, 0.15) is 42.9 Å². The number of rotatable bonds is 13. The third kappa shape index (κ3) is 5.51. The lowest BCUT2D eigenvalue weighted by atomic mass is 9.65. The van der Waals surface area contributed by atoms with Gasteiger partial charge in [-0.2, -0.15) is 0 Å². The highest BCUT2D eigenvalue weighted by atomic mass is 32.2. The molecule has 2 aromatic rings. The Morgan fingerprint density at radius 3 is 2.48 bits per heavy atom. The van der Waals surface area contributed by atoms with E-state index in [2.05, 4.69) is 20.1 Å². The zero-order valence-corrected chi connectivity index (χ0v) is 27.0. The van der Waals surface area contributed by atoms with Crippen molar-refractivity contribution in [3.63, 3.8) is 0 Å². The number of aliphatic hydroxyl groups is 1. The summed E-state index contributed by atoms with van der Waals surface area (Å²) in [6.07, 6.45) is 5.36. The number of anilines is 1. The zero-order chi connectivity index (χ0) is 31.6. The summed E-state index contributed by atoms with van der Waals surface area (Å²) in [5, 5.41) is 9.50. The van der Waals surface area contributed by atoms with Gasteiger partial charge in [0, 0.05) is 43.7 Å². The van der Waals surface area contributed by atoms with Gasteiger partial charge in [0.25, 0.3) is 5.91 Å². The molecule has 3 heterocycles. The Labute approximate surface area is 266 Å². The molecule has 3 amide bonds. The molecule has 2 aromatic carbocycles. The van der Waals surface area contributed by atoms with Gasteiger partial charge >= 0.3 is 0 Å². The fourth-order valence-electron chi connectivity index (χ4n) is 7.71. The molecule has 44 heavy (non-hydrogen) atoms. The highest BCUT2D eigenvalue weighted by Gasteiger charge is 2.76. The Kier molecular flexibility index (Phi) is 9.71. The lowest BCUT2D eigenvalue weighted by Gasteiger charge is -2.41. The monoisotopic (exact) mass is 615 g/mol. The van der Waals surface area contributed by atoms with Crippen LogP contribution >= 0.6 is 11.8 Å². The summed E-state index contributed by atoms with van der Waals surface area (Å²) in [4.78, 5) is 49.3.